The van der Waals surface area contributed by atoms with Crippen LogP contribution >= 0.6 is 15.9 Å². The van der Waals surface area contributed by atoms with Crippen LogP contribution in [0.3, 0.4) is 0 Å². The van der Waals surface area contributed by atoms with Crippen molar-refractivity contribution in [3.8, 4) is 18.2 Å². The highest BCUT2D eigenvalue weighted by Gasteiger charge is 2.06. The SMILES string of the molecule is C#CCOc1nc(Nc2ccc(CCCC(N)=O)cc2)ncc1Br. The van der Waals surface area contributed by atoms with E-state index in [4.69, 9.17) is 16.9 Å². The van der Waals surface area contributed by atoms with E-state index in [0.29, 0.717) is 22.7 Å². The summed E-state index contributed by atoms with van der Waals surface area (Å²) in [6.07, 6.45) is 8.72. The van der Waals surface area contributed by atoms with Gasteiger partial charge in [0.2, 0.25) is 17.7 Å². The molecule has 0 aliphatic rings. The van der Waals surface area contributed by atoms with Crippen molar-refractivity contribution in [3.63, 3.8) is 0 Å². The van der Waals surface area contributed by atoms with Crippen molar-refractivity contribution in [1.29, 1.82) is 0 Å². The third-order valence-electron chi connectivity index (χ3n) is 3.10. The van der Waals surface area contributed by atoms with Crippen LogP contribution in [0.25, 0.3) is 0 Å². The Hall–Kier alpha value is -2.59. The summed E-state index contributed by atoms with van der Waals surface area (Å²) in [7, 11) is 0. The van der Waals surface area contributed by atoms with Crippen molar-refractivity contribution in [3.05, 3.63) is 40.5 Å². The molecule has 24 heavy (non-hydrogen) atoms. The molecule has 0 spiro atoms. The number of nitrogens with two attached hydrogens (primary N) is 1. The molecule has 124 valence electrons. The van der Waals surface area contributed by atoms with Crippen LogP contribution in [-0.4, -0.2) is 22.5 Å². The molecule has 0 fully saturated rings. The van der Waals surface area contributed by atoms with E-state index in [-0.39, 0.29) is 12.5 Å². The third-order valence-corrected chi connectivity index (χ3v) is 3.65. The van der Waals surface area contributed by atoms with Crippen molar-refractivity contribution >= 4 is 33.5 Å². The second-order valence-corrected chi connectivity index (χ2v) is 5.84. The van der Waals surface area contributed by atoms with E-state index in [1.807, 2.05) is 24.3 Å². The summed E-state index contributed by atoms with van der Waals surface area (Å²) < 4.78 is 5.97. The molecule has 1 aromatic carbocycles. The lowest BCUT2D eigenvalue weighted by atomic mass is 10.1. The number of halogens is 1. The number of rotatable bonds is 8. The van der Waals surface area contributed by atoms with Crippen LogP contribution in [0.15, 0.2) is 34.9 Å². The Balaban J connectivity index is 1.98. The highest BCUT2D eigenvalue weighted by molar-refractivity contribution is 9.10. The van der Waals surface area contributed by atoms with E-state index in [2.05, 4.69) is 37.1 Å². The van der Waals surface area contributed by atoms with E-state index in [9.17, 15) is 4.79 Å². The lowest BCUT2D eigenvalue weighted by Crippen LogP contribution is -2.10. The minimum Gasteiger partial charge on any atom is -0.464 e. The molecular weight excluding hydrogens is 372 g/mol. The normalized spacial score (nSPS) is 10.0. The maximum absolute atomic E-state index is 10.7. The summed E-state index contributed by atoms with van der Waals surface area (Å²) in [6, 6.07) is 7.82. The zero-order chi connectivity index (χ0) is 17.4. The zero-order valence-corrected chi connectivity index (χ0v) is 14.5. The Kier molecular flexibility index (Phi) is 6.58. The van der Waals surface area contributed by atoms with Gasteiger partial charge in [-0.05, 0) is 46.5 Å². The van der Waals surface area contributed by atoms with Gasteiger partial charge >= 0.3 is 0 Å². The predicted molar refractivity (Wildman–Crippen MR) is 95.9 cm³/mol. The van der Waals surface area contributed by atoms with E-state index in [0.717, 1.165) is 24.1 Å². The summed E-state index contributed by atoms with van der Waals surface area (Å²) in [5.41, 5.74) is 7.11. The molecular formula is C17H17BrN4O2. The Labute approximate surface area is 149 Å². The molecule has 0 saturated carbocycles. The second-order valence-electron chi connectivity index (χ2n) is 4.98. The number of nitrogens with one attached hydrogen (secondary N) is 1. The van der Waals surface area contributed by atoms with Crippen molar-refractivity contribution in [1.82, 2.24) is 9.97 Å². The first kappa shape index (κ1) is 17.8. The first-order valence-electron chi connectivity index (χ1n) is 7.31. The molecule has 0 bridgehead atoms. The largest absolute Gasteiger partial charge is 0.464 e. The van der Waals surface area contributed by atoms with Crippen LogP contribution in [0.1, 0.15) is 18.4 Å². The Morgan fingerprint density at radius 1 is 1.38 bits per heavy atom. The number of aryl methyl sites for hydroxylation is 1. The fraction of sp³-hybridized carbons (Fsp3) is 0.235. The Morgan fingerprint density at radius 2 is 2.12 bits per heavy atom. The molecule has 1 heterocycles. The lowest BCUT2D eigenvalue weighted by Gasteiger charge is -2.09. The van der Waals surface area contributed by atoms with Gasteiger partial charge in [0.1, 0.15) is 0 Å². The number of primary amides is 1. The molecule has 0 saturated heterocycles. The molecule has 6 nitrogen and oxygen atoms in total. The maximum Gasteiger partial charge on any atom is 0.233 e. The molecule has 0 aliphatic heterocycles. The number of ether oxygens (including phenoxy) is 1. The van der Waals surface area contributed by atoms with Gasteiger partial charge in [0.15, 0.2) is 6.61 Å². The van der Waals surface area contributed by atoms with E-state index < -0.39 is 0 Å². The first-order valence-corrected chi connectivity index (χ1v) is 8.11. The van der Waals surface area contributed by atoms with E-state index in [1.54, 1.807) is 6.20 Å². The van der Waals surface area contributed by atoms with Gasteiger partial charge < -0.3 is 15.8 Å². The fourth-order valence-electron chi connectivity index (χ4n) is 1.97. The highest BCUT2D eigenvalue weighted by atomic mass is 79.9. The molecule has 1 amide bonds. The molecule has 2 rings (SSSR count). The fourth-order valence-corrected chi connectivity index (χ4v) is 2.28. The van der Waals surface area contributed by atoms with Gasteiger partial charge in [0.05, 0.1) is 10.7 Å². The number of amides is 1. The summed E-state index contributed by atoms with van der Waals surface area (Å²) in [5, 5.41) is 3.10. The van der Waals surface area contributed by atoms with Gasteiger partial charge in [-0.2, -0.15) is 4.98 Å². The Bertz CT molecular complexity index is 741. The number of carbonyl (C=O) groups excluding carboxylic acids is 1. The van der Waals surface area contributed by atoms with Gasteiger partial charge in [0.25, 0.3) is 0 Å². The topological polar surface area (TPSA) is 90.1 Å². The first-order chi connectivity index (χ1) is 11.6. The maximum atomic E-state index is 10.7. The average molecular weight is 389 g/mol. The van der Waals surface area contributed by atoms with Crippen molar-refractivity contribution in [2.45, 2.75) is 19.3 Å². The molecule has 0 radical (unpaired) electrons. The monoisotopic (exact) mass is 388 g/mol. The number of carbonyl (C=O) groups is 1. The zero-order valence-electron chi connectivity index (χ0n) is 13.0. The van der Waals surface area contributed by atoms with Crippen LogP contribution in [0, 0.1) is 12.3 Å². The molecule has 0 aliphatic carbocycles. The van der Waals surface area contributed by atoms with Crippen LogP contribution in [0.4, 0.5) is 11.6 Å². The van der Waals surface area contributed by atoms with Crippen molar-refractivity contribution < 1.29 is 9.53 Å². The summed E-state index contributed by atoms with van der Waals surface area (Å²) in [6.45, 7) is 0.134. The minimum absolute atomic E-state index is 0.134. The van der Waals surface area contributed by atoms with Crippen LogP contribution in [-0.2, 0) is 11.2 Å². The third kappa shape index (κ3) is 5.56. The molecule has 7 heteroatoms. The second kappa shape index (κ2) is 8.89. The number of nitrogens with zero attached hydrogens (tertiary/aromatic N) is 2. The predicted octanol–water partition coefficient (Wildman–Crippen LogP) is 2.80. The number of hydrogen-bond acceptors (Lipinski definition) is 5. The molecule has 3 N–H and O–H groups in total. The average Bonchev–Trinajstić information content (AvgIpc) is 2.56. The highest BCUT2D eigenvalue weighted by Crippen LogP contribution is 2.24. The Morgan fingerprint density at radius 3 is 2.79 bits per heavy atom. The lowest BCUT2D eigenvalue weighted by molar-refractivity contribution is -0.118. The quantitative estimate of drug-likeness (QED) is 0.678. The van der Waals surface area contributed by atoms with Crippen molar-refractivity contribution in [2.24, 2.45) is 5.73 Å². The summed E-state index contributed by atoms with van der Waals surface area (Å²) >= 11 is 3.31. The van der Waals surface area contributed by atoms with Crippen LogP contribution < -0.4 is 15.8 Å². The number of anilines is 2. The molecule has 0 unspecified atom stereocenters. The smallest absolute Gasteiger partial charge is 0.233 e. The molecule has 1 aromatic heterocycles. The number of terminal acetylenes is 1. The summed E-state index contributed by atoms with van der Waals surface area (Å²) in [5.74, 6) is 2.91. The van der Waals surface area contributed by atoms with Crippen LogP contribution in [0.2, 0.25) is 0 Å². The minimum atomic E-state index is -0.275. The molecule has 0 atom stereocenters. The van der Waals surface area contributed by atoms with E-state index >= 15 is 0 Å². The van der Waals surface area contributed by atoms with Gasteiger partial charge in [-0.25, -0.2) is 4.98 Å². The van der Waals surface area contributed by atoms with Crippen LogP contribution in [0.5, 0.6) is 5.88 Å². The number of aromatic nitrogens is 2. The van der Waals surface area contributed by atoms with Gasteiger partial charge in [-0.15, -0.1) is 6.42 Å². The van der Waals surface area contributed by atoms with E-state index in [1.165, 1.54) is 0 Å². The standard InChI is InChI=1S/C17H17BrN4O2/c1-2-10-24-16-14(18)11-20-17(22-16)21-13-8-6-12(7-9-13)4-3-5-15(19)23/h1,6-9,11H,3-5,10H2,(H2,19,23)(H,20,21,22). The van der Waals surface area contributed by atoms with Gasteiger partial charge in [-0.1, -0.05) is 18.1 Å². The van der Waals surface area contributed by atoms with Gasteiger partial charge in [0, 0.05) is 12.1 Å². The van der Waals surface area contributed by atoms with Crippen molar-refractivity contribution in [2.75, 3.05) is 11.9 Å². The number of hydrogen-bond donors (Lipinski definition) is 2. The molecule has 2 aromatic rings. The number of benzene rings is 1. The summed E-state index contributed by atoms with van der Waals surface area (Å²) in [4.78, 5) is 19.2. The van der Waals surface area contributed by atoms with Gasteiger partial charge in [-0.3, -0.25) is 4.79 Å².